The molecule has 1 aliphatic rings. The van der Waals surface area contributed by atoms with Gasteiger partial charge in [0.1, 0.15) is 17.7 Å². The van der Waals surface area contributed by atoms with E-state index in [1.54, 1.807) is 6.07 Å². The molecule has 0 unspecified atom stereocenters. The Bertz CT molecular complexity index is 344. The van der Waals surface area contributed by atoms with Gasteiger partial charge in [-0.2, -0.15) is 4.98 Å². The minimum atomic E-state index is 0.175. The third-order valence-corrected chi connectivity index (χ3v) is 2.67. The number of hydrazine groups is 1. The zero-order chi connectivity index (χ0) is 12.1. The molecule has 1 saturated heterocycles. The van der Waals surface area contributed by atoms with Gasteiger partial charge in [0.15, 0.2) is 0 Å². The summed E-state index contributed by atoms with van der Waals surface area (Å²) in [6, 6.07) is 1.72. The standard InChI is InChI=1S/C11H18N4O2/c1-2-9-13-10(15-12)7-11(14-9)17-8-3-5-16-6-4-8/h7-8H,2-6,12H2,1H3,(H,13,14,15). The highest BCUT2D eigenvalue weighted by molar-refractivity contribution is 5.37. The van der Waals surface area contributed by atoms with Gasteiger partial charge in [-0.1, -0.05) is 6.92 Å². The van der Waals surface area contributed by atoms with Crippen LogP contribution in [0.15, 0.2) is 6.07 Å². The maximum atomic E-state index is 5.81. The molecule has 1 aliphatic heterocycles. The number of nitrogens with two attached hydrogens (primary N) is 1. The molecule has 2 heterocycles. The molecule has 0 atom stereocenters. The lowest BCUT2D eigenvalue weighted by Gasteiger charge is -2.22. The third-order valence-electron chi connectivity index (χ3n) is 2.67. The number of nitrogens with one attached hydrogen (secondary N) is 1. The van der Waals surface area contributed by atoms with Crippen molar-refractivity contribution >= 4 is 5.82 Å². The number of hydrogen-bond donors (Lipinski definition) is 2. The highest BCUT2D eigenvalue weighted by Gasteiger charge is 2.16. The van der Waals surface area contributed by atoms with Crippen LogP contribution in [0.25, 0.3) is 0 Å². The van der Waals surface area contributed by atoms with Crippen LogP contribution in [-0.2, 0) is 11.2 Å². The van der Waals surface area contributed by atoms with Crippen molar-refractivity contribution in [2.45, 2.75) is 32.3 Å². The number of rotatable bonds is 4. The van der Waals surface area contributed by atoms with Crippen LogP contribution in [0.1, 0.15) is 25.6 Å². The normalized spacial score (nSPS) is 16.8. The summed E-state index contributed by atoms with van der Waals surface area (Å²) in [6.45, 7) is 3.49. The quantitative estimate of drug-likeness (QED) is 0.598. The predicted octanol–water partition coefficient (Wildman–Crippen LogP) is 0.882. The molecule has 0 spiro atoms. The molecule has 0 amide bonds. The molecule has 1 fully saturated rings. The van der Waals surface area contributed by atoms with E-state index in [-0.39, 0.29) is 6.10 Å². The van der Waals surface area contributed by atoms with E-state index in [2.05, 4.69) is 15.4 Å². The van der Waals surface area contributed by atoms with Crippen molar-refractivity contribution in [3.05, 3.63) is 11.9 Å². The summed E-state index contributed by atoms with van der Waals surface area (Å²) in [6.07, 6.45) is 2.72. The maximum Gasteiger partial charge on any atom is 0.219 e. The fraction of sp³-hybridized carbons (Fsp3) is 0.636. The lowest BCUT2D eigenvalue weighted by atomic mass is 10.1. The van der Waals surface area contributed by atoms with Crippen LogP contribution in [-0.4, -0.2) is 29.3 Å². The average Bonchev–Trinajstić information content (AvgIpc) is 2.39. The van der Waals surface area contributed by atoms with Gasteiger partial charge in [0.2, 0.25) is 5.88 Å². The van der Waals surface area contributed by atoms with Crippen LogP contribution in [0.4, 0.5) is 5.82 Å². The van der Waals surface area contributed by atoms with Crippen LogP contribution in [0, 0.1) is 0 Å². The van der Waals surface area contributed by atoms with Crippen molar-refractivity contribution in [2.75, 3.05) is 18.6 Å². The summed E-state index contributed by atoms with van der Waals surface area (Å²) in [5, 5.41) is 0. The van der Waals surface area contributed by atoms with Crippen molar-refractivity contribution in [2.24, 2.45) is 5.84 Å². The fourth-order valence-electron chi connectivity index (χ4n) is 1.73. The number of aromatic nitrogens is 2. The predicted molar refractivity (Wildman–Crippen MR) is 63.7 cm³/mol. The zero-order valence-corrected chi connectivity index (χ0v) is 9.98. The molecule has 1 aromatic heterocycles. The minimum Gasteiger partial charge on any atom is -0.474 e. The van der Waals surface area contributed by atoms with E-state index in [9.17, 15) is 0 Å². The third kappa shape index (κ3) is 3.28. The van der Waals surface area contributed by atoms with Crippen LogP contribution in [0.5, 0.6) is 5.88 Å². The molecule has 6 nitrogen and oxygen atoms in total. The smallest absolute Gasteiger partial charge is 0.219 e. The summed E-state index contributed by atoms with van der Waals surface area (Å²) >= 11 is 0. The molecule has 3 N–H and O–H groups in total. The second-order valence-electron chi connectivity index (χ2n) is 3.94. The van der Waals surface area contributed by atoms with Crippen molar-refractivity contribution < 1.29 is 9.47 Å². The Kier molecular flexibility index (Phi) is 4.11. The van der Waals surface area contributed by atoms with Gasteiger partial charge < -0.3 is 14.9 Å². The molecule has 0 aromatic carbocycles. The average molecular weight is 238 g/mol. The van der Waals surface area contributed by atoms with Gasteiger partial charge in [-0.25, -0.2) is 10.8 Å². The van der Waals surface area contributed by atoms with Crippen LogP contribution < -0.4 is 16.0 Å². The lowest BCUT2D eigenvalue weighted by molar-refractivity contribution is 0.0236. The van der Waals surface area contributed by atoms with Gasteiger partial charge in [0.25, 0.3) is 0 Å². The van der Waals surface area contributed by atoms with Crippen molar-refractivity contribution in [1.29, 1.82) is 0 Å². The first-order chi connectivity index (χ1) is 8.31. The molecular formula is C11H18N4O2. The summed E-state index contributed by atoms with van der Waals surface area (Å²) in [5.74, 6) is 7.25. The van der Waals surface area contributed by atoms with Gasteiger partial charge in [-0.3, -0.25) is 0 Å². The Morgan fingerprint density at radius 1 is 1.47 bits per heavy atom. The molecule has 94 valence electrons. The number of nitrogen functional groups attached to an aromatic ring is 1. The number of nitrogens with zero attached hydrogens (tertiary/aromatic N) is 2. The monoisotopic (exact) mass is 238 g/mol. The summed E-state index contributed by atoms with van der Waals surface area (Å²) in [4.78, 5) is 8.54. The van der Waals surface area contributed by atoms with Gasteiger partial charge in [-0.05, 0) is 0 Å². The topological polar surface area (TPSA) is 82.3 Å². The molecule has 0 aliphatic carbocycles. The maximum absolute atomic E-state index is 5.81. The first-order valence-electron chi connectivity index (χ1n) is 5.90. The van der Waals surface area contributed by atoms with E-state index < -0.39 is 0 Å². The van der Waals surface area contributed by atoms with E-state index in [0.29, 0.717) is 11.7 Å². The number of ether oxygens (including phenoxy) is 2. The molecule has 2 rings (SSSR count). The Balaban J connectivity index is 2.07. The van der Waals surface area contributed by atoms with E-state index >= 15 is 0 Å². The molecule has 0 saturated carbocycles. The second-order valence-corrected chi connectivity index (χ2v) is 3.94. The number of aryl methyl sites for hydroxylation is 1. The van der Waals surface area contributed by atoms with Crippen LogP contribution >= 0.6 is 0 Å². The molecule has 6 heteroatoms. The van der Waals surface area contributed by atoms with Gasteiger partial charge in [-0.15, -0.1) is 0 Å². The zero-order valence-electron chi connectivity index (χ0n) is 9.98. The van der Waals surface area contributed by atoms with E-state index in [0.717, 1.165) is 38.3 Å². The van der Waals surface area contributed by atoms with Gasteiger partial charge in [0, 0.05) is 25.3 Å². The molecule has 17 heavy (non-hydrogen) atoms. The van der Waals surface area contributed by atoms with Crippen molar-refractivity contribution in [3.8, 4) is 5.88 Å². The van der Waals surface area contributed by atoms with Gasteiger partial charge in [0.05, 0.1) is 13.2 Å². The minimum absolute atomic E-state index is 0.175. The Hall–Kier alpha value is -1.40. The number of hydrogen-bond acceptors (Lipinski definition) is 6. The van der Waals surface area contributed by atoms with Crippen LogP contribution in [0.2, 0.25) is 0 Å². The highest BCUT2D eigenvalue weighted by Crippen LogP contribution is 2.18. The second kappa shape index (κ2) is 5.79. The summed E-state index contributed by atoms with van der Waals surface area (Å²) in [5.41, 5.74) is 2.52. The molecule has 1 aromatic rings. The highest BCUT2D eigenvalue weighted by atomic mass is 16.5. The van der Waals surface area contributed by atoms with E-state index in [1.165, 1.54) is 0 Å². The lowest BCUT2D eigenvalue weighted by Crippen LogP contribution is -2.26. The van der Waals surface area contributed by atoms with Crippen molar-refractivity contribution in [1.82, 2.24) is 9.97 Å². The van der Waals surface area contributed by atoms with Crippen molar-refractivity contribution in [3.63, 3.8) is 0 Å². The molecule has 0 bridgehead atoms. The van der Waals surface area contributed by atoms with Gasteiger partial charge >= 0.3 is 0 Å². The Morgan fingerprint density at radius 3 is 2.88 bits per heavy atom. The van der Waals surface area contributed by atoms with E-state index in [4.69, 9.17) is 15.3 Å². The number of anilines is 1. The molecule has 0 radical (unpaired) electrons. The summed E-state index contributed by atoms with van der Waals surface area (Å²) in [7, 11) is 0. The first-order valence-corrected chi connectivity index (χ1v) is 5.90. The SMILES string of the molecule is CCc1nc(NN)cc(OC2CCOCC2)n1. The first kappa shape index (κ1) is 12.1. The Morgan fingerprint density at radius 2 is 2.24 bits per heavy atom. The largest absolute Gasteiger partial charge is 0.474 e. The summed E-state index contributed by atoms with van der Waals surface area (Å²) < 4.78 is 11.1. The van der Waals surface area contributed by atoms with E-state index in [1.807, 2.05) is 6.92 Å². The van der Waals surface area contributed by atoms with Crippen LogP contribution in [0.3, 0.4) is 0 Å². The molecular weight excluding hydrogens is 220 g/mol. The Labute approximate surface area is 101 Å². The fourth-order valence-corrected chi connectivity index (χ4v) is 1.73.